The van der Waals surface area contributed by atoms with Gasteiger partial charge in [-0.2, -0.15) is 0 Å². The lowest BCUT2D eigenvalue weighted by atomic mass is 9.81. The summed E-state index contributed by atoms with van der Waals surface area (Å²) in [4.78, 5) is 14.0. The second kappa shape index (κ2) is 5.17. The van der Waals surface area contributed by atoms with Gasteiger partial charge in [0.15, 0.2) is 0 Å². The minimum atomic E-state index is 0.246. The molecule has 3 aliphatic heterocycles. The molecule has 3 rings (SSSR count). The van der Waals surface area contributed by atoms with Crippen LogP contribution in [0, 0.1) is 0 Å². The Hall–Kier alpha value is -0.610. The van der Waals surface area contributed by atoms with Crippen LogP contribution in [0.15, 0.2) is 0 Å². The summed E-state index contributed by atoms with van der Waals surface area (Å²) in [6.07, 6.45) is 8.41. The fraction of sp³-hybridized carbons (Fsp3) is 0.929. The molecule has 4 heteroatoms. The van der Waals surface area contributed by atoms with Crippen molar-refractivity contribution in [3.05, 3.63) is 0 Å². The number of rotatable bonds is 3. The third kappa shape index (κ3) is 2.41. The number of nitrogens with one attached hydrogen (secondary N) is 2. The first-order chi connectivity index (χ1) is 8.76. The van der Waals surface area contributed by atoms with Crippen molar-refractivity contribution >= 4 is 5.91 Å². The minimum absolute atomic E-state index is 0.246. The molecule has 3 unspecified atom stereocenters. The molecule has 0 aromatic heterocycles. The zero-order chi connectivity index (χ0) is 12.5. The largest absolute Gasteiger partial charge is 0.352 e. The van der Waals surface area contributed by atoms with E-state index in [2.05, 4.69) is 22.6 Å². The van der Waals surface area contributed by atoms with Crippen LogP contribution in [0.25, 0.3) is 0 Å². The normalized spacial score (nSPS) is 40.8. The number of nitrogens with zero attached hydrogens (tertiary/aromatic N) is 1. The fourth-order valence-corrected chi connectivity index (χ4v) is 4.08. The smallest absolute Gasteiger partial charge is 0.220 e. The first kappa shape index (κ1) is 12.4. The molecule has 18 heavy (non-hydrogen) atoms. The van der Waals surface area contributed by atoms with Crippen LogP contribution in [0.3, 0.4) is 0 Å². The Balaban J connectivity index is 1.63. The predicted octanol–water partition coefficient (Wildman–Crippen LogP) is 0.870. The van der Waals surface area contributed by atoms with E-state index in [1.54, 1.807) is 0 Å². The summed E-state index contributed by atoms with van der Waals surface area (Å²) in [5.41, 5.74) is 0. The first-order valence-electron chi connectivity index (χ1n) is 7.48. The van der Waals surface area contributed by atoms with Crippen LogP contribution in [0.2, 0.25) is 0 Å². The lowest BCUT2D eigenvalue weighted by Crippen LogP contribution is -2.58. The van der Waals surface area contributed by atoms with E-state index in [4.69, 9.17) is 0 Å². The van der Waals surface area contributed by atoms with E-state index in [1.165, 1.54) is 32.1 Å². The molecule has 3 fully saturated rings. The van der Waals surface area contributed by atoms with Crippen LogP contribution in [-0.2, 0) is 4.79 Å². The van der Waals surface area contributed by atoms with Gasteiger partial charge in [0.1, 0.15) is 0 Å². The number of piperidine rings is 2. The van der Waals surface area contributed by atoms with Gasteiger partial charge < -0.3 is 10.6 Å². The number of fused-ring (bicyclic) bond motifs is 2. The van der Waals surface area contributed by atoms with Crippen molar-refractivity contribution in [2.45, 2.75) is 69.1 Å². The maximum atomic E-state index is 11.3. The Morgan fingerprint density at radius 3 is 2.56 bits per heavy atom. The molecule has 3 atom stereocenters. The van der Waals surface area contributed by atoms with E-state index >= 15 is 0 Å². The number of carbonyl (C=O) groups excluding carboxylic acids is 1. The maximum Gasteiger partial charge on any atom is 0.220 e. The Labute approximate surface area is 109 Å². The summed E-state index contributed by atoms with van der Waals surface area (Å²) in [6, 6.07) is 2.60. The highest BCUT2D eigenvalue weighted by atomic mass is 16.1. The van der Waals surface area contributed by atoms with Crippen molar-refractivity contribution in [2.75, 3.05) is 13.6 Å². The number of carbonyl (C=O) groups is 1. The SMILES string of the molecule is CNC1CC2CCCC(C1)N2CC1CCC(=O)N1. The van der Waals surface area contributed by atoms with Gasteiger partial charge in [0, 0.05) is 37.1 Å². The molecule has 3 heterocycles. The zero-order valence-electron chi connectivity index (χ0n) is 11.3. The quantitative estimate of drug-likeness (QED) is 0.782. The van der Waals surface area contributed by atoms with Crippen LogP contribution in [0.4, 0.5) is 0 Å². The third-order valence-corrected chi connectivity index (χ3v) is 5.05. The van der Waals surface area contributed by atoms with E-state index in [0.717, 1.165) is 31.5 Å². The van der Waals surface area contributed by atoms with Gasteiger partial charge in [0.05, 0.1) is 0 Å². The van der Waals surface area contributed by atoms with Crippen LogP contribution >= 0.6 is 0 Å². The highest BCUT2D eigenvalue weighted by Gasteiger charge is 2.39. The van der Waals surface area contributed by atoms with Crippen LogP contribution < -0.4 is 10.6 Å². The topological polar surface area (TPSA) is 44.4 Å². The Morgan fingerprint density at radius 2 is 2.00 bits per heavy atom. The number of hydrogen-bond donors (Lipinski definition) is 2. The molecule has 0 saturated carbocycles. The van der Waals surface area contributed by atoms with Crippen LogP contribution in [0.5, 0.6) is 0 Å². The van der Waals surface area contributed by atoms with E-state index < -0.39 is 0 Å². The van der Waals surface area contributed by atoms with Crippen molar-refractivity contribution in [1.82, 2.24) is 15.5 Å². The molecule has 0 aromatic rings. The molecular weight excluding hydrogens is 226 g/mol. The number of amides is 1. The standard InChI is InChI=1S/C14H25N3O/c1-15-11-7-12-3-2-4-13(8-11)17(12)9-10-5-6-14(18)16-10/h10-13,15H,2-9H2,1H3,(H,16,18). The lowest BCUT2D eigenvalue weighted by Gasteiger charge is -2.49. The summed E-state index contributed by atoms with van der Waals surface area (Å²) in [6.45, 7) is 1.08. The van der Waals surface area contributed by atoms with Gasteiger partial charge in [0.2, 0.25) is 5.91 Å². The monoisotopic (exact) mass is 251 g/mol. The van der Waals surface area contributed by atoms with Gasteiger partial charge in [-0.25, -0.2) is 0 Å². The first-order valence-corrected chi connectivity index (χ1v) is 7.48. The van der Waals surface area contributed by atoms with Crippen molar-refractivity contribution < 1.29 is 4.79 Å². The van der Waals surface area contributed by atoms with Gasteiger partial charge in [0.25, 0.3) is 0 Å². The average molecular weight is 251 g/mol. The Kier molecular flexibility index (Phi) is 3.57. The van der Waals surface area contributed by atoms with E-state index in [1.807, 2.05) is 0 Å². The molecule has 3 aliphatic rings. The summed E-state index contributed by atoms with van der Waals surface area (Å²) in [7, 11) is 2.09. The summed E-state index contributed by atoms with van der Waals surface area (Å²) < 4.78 is 0. The highest BCUT2D eigenvalue weighted by Crippen LogP contribution is 2.34. The van der Waals surface area contributed by atoms with E-state index in [0.29, 0.717) is 12.1 Å². The molecule has 102 valence electrons. The van der Waals surface area contributed by atoms with Gasteiger partial charge in [-0.05, 0) is 39.2 Å². The van der Waals surface area contributed by atoms with Crippen LogP contribution in [0.1, 0.15) is 44.9 Å². The maximum absolute atomic E-state index is 11.3. The molecule has 0 aromatic carbocycles. The molecule has 0 spiro atoms. The van der Waals surface area contributed by atoms with Crippen molar-refractivity contribution in [1.29, 1.82) is 0 Å². The highest BCUT2D eigenvalue weighted by molar-refractivity contribution is 5.78. The molecule has 0 radical (unpaired) electrons. The minimum Gasteiger partial charge on any atom is -0.352 e. The third-order valence-electron chi connectivity index (χ3n) is 5.05. The van der Waals surface area contributed by atoms with Crippen LogP contribution in [-0.4, -0.2) is 48.6 Å². The van der Waals surface area contributed by atoms with E-state index in [-0.39, 0.29) is 5.91 Å². The van der Waals surface area contributed by atoms with Crippen molar-refractivity contribution in [3.8, 4) is 0 Å². The molecule has 1 amide bonds. The molecule has 2 bridgehead atoms. The van der Waals surface area contributed by atoms with Crippen molar-refractivity contribution in [3.63, 3.8) is 0 Å². The zero-order valence-corrected chi connectivity index (χ0v) is 11.3. The Morgan fingerprint density at radius 1 is 1.28 bits per heavy atom. The number of hydrogen-bond acceptors (Lipinski definition) is 3. The molecular formula is C14H25N3O. The van der Waals surface area contributed by atoms with Crippen molar-refractivity contribution in [2.24, 2.45) is 0 Å². The fourth-order valence-electron chi connectivity index (χ4n) is 4.08. The lowest BCUT2D eigenvalue weighted by molar-refractivity contribution is -0.119. The predicted molar refractivity (Wildman–Crippen MR) is 71.4 cm³/mol. The Bertz CT molecular complexity index is 306. The second-order valence-electron chi connectivity index (χ2n) is 6.20. The van der Waals surface area contributed by atoms with E-state index in [9.17, 15) is 4.79 Å². The molecule has 3 saturated heterocycles. The average Bonchev–Trinajstić information content (AvgIpc) is 2.74. The summed E-state index contributed by atoms with van der Waals surface area (Å²) in [5, 5.41) is 6.58. The summed E-state index contributed by atoms with van der Waals surface area (Å²) >= 11 is 0. The van der Waals surface area contributed by atoms with Gasteiger partial charge in [-0.15, -0.1) is 0 Å². The second-order valence-corrected chi connectivity index (χ2v) is 6.20. The molecule has 4 nitrogen and oxygen atoms in total. The summed E-state index contributed by atoms with van der Waals surface area (Å²) in [5.74, 6) is 0.246. The molecule has 2 N–H and O–H groups in total. The van der Waals surface area contributed by atoms with Gasteiger partial charge in [-0.1, -0.05) is 6.42 Å². The van der Waals surface area contributed by atoms with Gasteiger partial charge >= 0.3 is 0 Å². The van der Waals surface area contributed by atoms with Gasteiger partial charge in [-0.3, -0.25) is 9.69 Å². The molecule has 0 aliphatic carbocycles.